The van der Waals surface area contributed by atoms with Crippen molar-refractivity contribution in [3.05, 3.63) is 53.1 Å². The third-order valence-corrected chi connectivity index (χ3v) is 4.87. The first-order valence-electron chi connectivity index (χ1n) is 6.98. The highest BCUT2D eigenvalue weighted by Gasteiger charge is 2.16. The van der Waals surface area contributed by atoms with E-state index in [4.69, 9.17) is 15.2 Å². The van der Waals surface area contributed by atoms with E-state index in [1.54, 1.807) is 11.8 Å². The Morgan fingerprint density at radius 3 is 2.71 bits per heavy atom. The summed E-state index contributed by atoms with van der Waals surface area (Å²) in [7, 11) is 0. The Balaban J connectivity index is 1.67. The Morgan fingerprint density at radius 1 is 1.10 bits per heavy atom. The molecule has 110 valence electrons. The van der Waals surface area contributed by atoms with Gasteiger partial charge in [0.15, 0.2) is 11.5 Å². The fourth-order valence-corrected chi connectivity index (χ4v) is 3.38. The van der Waals surface area contributed by atoms with Crippen molar-refractivity contribution in [1.29, 1.82) is 0 Å². The number of rotatable bonds is 4. The summed E-state index contributed by atoms with van der Waals surface area (Å²) < 4.78 is 10.7. The Bertz CT molecular complexity index is 657. The normalized spacial score (nSPS) is 14.2. The number of benzene rings is 2. The molecule has 1 unspecified atom stereocenters. The molecule has 1 aliphatic rings. The van der Waals surface area contributed by atoms with Crippen LogP contribution in [0.5, 0.6) is 11.5 Å². The highest BCUT2D eigenvalue weighted by molar-refractivity contribution is 7.99. The first-order valence-corrected chi connectivity index (χ1v) is 7.97. The summed E-state index contributed by atoms with van der Waals surface area (Å²) in [5.41, 5.74) is 9.97. The Morgan fingerprint density at radius 2 is 1.90 bits per heavy atom. The molecule has 2 N–H and O–H groups in total. The first kappa shape index (κ1) is 14.3. The average molecular weight is 301 g/mol. The zero-order valence-electron chi connectivity index (χ0n) is 12.3. The van der Waals surface area contributed by atoms with Crippen molar-refractivity contribution in [1.82, 2.24) is 0 Å². The summed E-state index contributed by atoms with van der Waals surface area (Å²) >= 11 is 1.79. The van der Waals surface area contributed by atoms with E-state index >= 15 is 0 Å². The summed E-state index contributed by atoms with van der Waals surface area (Å²) in [5, 5.41) is 0. The summed E-state index contributed by atoms with van der Waals surface area (Å²) in [5.74, 6) is 2.43. The van der Waals surface area contributed by atoms with Crippen LogP contribution in [0.4, 0.5) is 0 Å². The Kier molecular flexibility index (Phi) is 4.08. The van der Waals surface area contributed by atoms with Crippen molar-refractivity contribution in [3.8, 4) is 11.5 Å². The SMILES string of the molecule is Cc1ccc(SCC(N)c2ccc3c(c2)OCO3)c(C)c1. The summed E-state index contributed by atoms with van der Waals surface area (Å²) in [4.78, 5) is 1.29. The predicted molar refractivity (Wildman–Crippen MR) is 86.1 cm³/mol. The highest BCUT2D eigenvalue weighted by Crippen LogP contribution is 2.35. The molecule has 0 radical (unpaired) electrons. The molecular weight excluding hydrogens is 282 g/mol. The zero-order chi connectivity index (χ0) is 14.8. The molecule has 0 saturated heterocycles. The summed E-state index contributed by atoms with van der Waals surface area (Å²) in [6, 6.07) is 12.4. The van der Waals surface area contributed by atoms with Crippen LogP contribution in [0.1, 0.15) is 22.7 Å². The minimum absolute atomic E-state index is 0.0230. The second-order valence-electron chi connectivity index (χ2n) is 5.30. The maximum Gasteiger partial charge on any atom is 0.231 e. The van der Waals surface area contributed by atoms with Crippen LogP contribution in [-0.2, 0) is 0 Å². The molecule has 2 aromatic rings. The van der Waals surface area contributed by atoms with Crippen LogP contribution in [-0.4, -0.2) is 12.5 Å². The Hall–Kier alpha value is -1.65. The number of ether oxygens (including phenoxy) is 2. The molecule has 0 spiro atoms. The minimum atomic E-state index is -0.0230. The summed E-state index contributed by atoms with van der Waals surface area (Å²) in [6.45, 7) is 4.55. The number of thioether (sulfide) groups is 1. The van der Waals surface area contributed by atoms with Gasteiger partial charge in [0.05, 0.1) is 0 Å². The van der Waals surface area contributed by atoms with E-state index in [2.05, 4.69) is 32.0 Å². The monoisotopic (exact) mass is 301 g/mol. The number of aryl methyl sites for hydroxylation is 2. The lowest BCUT2D eigenvalue weighted by Crippen LogP contribution is -2.12. The average Bonchev–Trinajstić information content (AvgIpc) is 2.93. The lowest BCUT2D eigenvalue weighted by atomic mass is 10.1. The molecule has 0 bridgehead atoms. The highest BCUT2D eigenvalue weighted by atomic mass is 32.2. The number of fused-ring (bicyclic) bond motifs is 1. The van der Waals surface area contributed by atoms with Crippen molar-refractivity contribution >= 4 is 11.8 Å². The van der Waals surface area contributed by atoms with E-state index < -0.39 is 0 Å². The van der Waals surface area contributed by atoms with Crippen LogP contribution in [0.3, 0.4) is 0 Å². The van der Waals surface area contributed by atoms with Crippen molar-refractivity contribution < 1.29 is 9.47 Å². The van der Waals surface area contributed by atoms with Crippen molar-refractivity contribution in [2.24, 2.45) is 5.73 Å². The van der Waals surface area contributed by atoms with Gasteiger partial charge in [0.2, 0.25) is 6.79 Å². The molecule has 1 aliphatic heterocycles. The quantitative estimate of drug-likeness (QED) is 0.872. The van der Waals surface area contributed by atoms with Crippen LogP contribution in [0.2, 0.25) is 0 Å². The molecule has 2 aromatic carbocycles. The number of hydrogen-bond donors (Lipinski definition) is 1. The fourth-order valence-electron chi connectivity index (χ4n) is 2.38. The van der Waals surface area contributed by atoms with E-state index in [1.807, 2.05) is 18.2 Å². The molecule has 1 heterocycles. The van der Waals surface area contributed by atoms with Crippen molar-refractivity contribution in [3.63, 3.8) is 0 Å². The predicted octanol–water partition coefficient (Wildman–Crippen LogP) is 3.82. The lowest BCUT2D eigenvalue weighted by Gasteiger charge is -2.13. The van der Waals surface area contributed by atoms with Crippen LogP contribution in [0.15, 0.2) is 41.3 Å². The molecule has 0 aliphatic carbocycles. The minimum Gasteiger partial charge on any atom is -0.454 e. The maximum atomic E-state index is 6.30. The molecule has 3 nitrogen and oxygen atoms in total. The molecule has 21 heavy (non-hydrogen) atoms. The molecule has 0 aromatic heterocycles. The van der Waals surface area contributed by atoms with E-state index in [1.165, 1.54) is 16.0 Å². The topological polar surface area (TPSA) is 44.5 Å². The van der Waals surface area contributed by atoms with Gasteiger partial charge in [-0.1, -0.05) is 23.8 Å². The molecule has 0 fully saturated rings. The van der Waals surface area contributed by atoms with Gasteiger partial charge >= 0.3 is 0 Å². The van der Waals surface area contributed by atoms with Gasteiger partial charge in [-0.2, -0.15) is 0 Å². The number of hydrogen-bond acceptors (Lipinski definition) is 4. The molecular formula is C17H19NO2S. The Labute approximate surface area is 129 Å². The molecule has 0 amide bonds. The van der Waals surface area contributed by atoms with Gasteiger partial charge in [0.25, 0.3) is 0 Å². The maximum absolute atomic E-state index is 6.30. The molecule has 0 saturated carbocycles. The van der Waals surface area contributed by atoms with Crippen molar-refractivity contribution in [2.45, 2.75) is 24.8 Å². The largest absolute Gasteiger partial charge is 0.454 e. The third-order valence-electron chi connectivity index (χ3n) is 3.57. The van der Waals surface area contributed by atoms with Crippen LogP contribution < -0.4 is 15.2 Å². The van der Waals surface area contributed by atoms with Crippen LogP contribution >= 0.6 is 11.8 Å². The fraction of sp³-hybridized carbons (Fsp3) is 0.294. The third kappa shape index (κ3) is 3.17. The van der Waals surface area contributed by atoms with Gasteiger partial charge in [-0.3, -0.25) is 0 Å². The molecule has 3 rings (SSSR count). The smallest absolute Gasteiger partial charge is 0.231 e. The standard InChI is InChI=1S/C17H19NO2S/c1-11-3-6-17(12(2)7-11)21-9-14(18)13-4-5-15-16(8-13)20-10-19-15/h3-8,14H,9-10,18H2,1-2H3. The second kappa shape index (κ2) is 6.00. The second-order valence-corrected chi connectivity index (χ2v) is 6.36. The van der Waals surface area contributed by atoms with Gasteiger partial charge < -0.3 is 15.2 Å². The molecule has 4 heteroatoms. The van der Waals surface area contributed by atoms with Gasteiger partial charge in [-0.05, 0) is 43.2 Å². The molecule has 1 atom stereocenters. The van der Waals surface area contributed by atoms with Crippen LogP contribution in [0, 0.1) is 13.8 Å². The van der Waals surface area contributed by atoms with Crippen molar-refractivity contribution in [2.75, 3.05) is 12.5 Å². The first-order chi connectivity index (χ1) is 10.1. The van der Waals surface area contributed by atoms with E-state index in [-0.39, 0.29) is 6.04 Å². The van der Waals surface area contributed by atoms with Gasteiger partial charge in [0.1, 0.15) is 0 Å². The van der Waals surface area contributed by atoms with Gasteiger partial charge in [0, 0.05) is 16.7 Å². The van der Waals surface area contributed by atoms with E-state index in [0.717, 1.165) is 22.8 Å². The van der Waals surface area contributed by atoms with Gasteiger partial charge in [-0.25, -0.2) is 0 Å². The van der Waals surface area contributed by atoms with Crippen LogP contribution in [0.25, 0.3) is 0 Å². The van der Waals surface area contributed by atoms with E-state index in [9.17, 15) is 0 Å². The van der Waals surface area contributed by atoms with Gasteiger partial charge in [-0.15, -0.1) is 11.8 Å². The summed E-state index contributed by atoms with van der Waals surface area (Å²) in [6.07, 6.45) is 0. The zero-order valence-corrected chi connectivity index (χ0v) is 13.1. The van der Waals surface area contributed by atoms with E-state index in [0.29, 0.717) is 6.79 Å². The lowest BCUT2D eigenvalue weighted by molar-refractivity contribution is 0.174. The number of nitrogens with two attached hydrogens (primary N) is 1.